The van der Waals surface area contributed by atoms with E-state index < -0.39 is 11.9 Å². The van der Waals surface area contributed by atoms with Gasteiger partial charge in [0.05, 0.1) is 5.92 Å². The number of hydrogen-bond donors (Lipinski definition) is 3. The Balaban J connectivity index is 1.72. The largest absolute Gasteiger partial charge is 0.356 e. The Morgan fingerprint density at radius 3 is 2.86 bits per heavy atom. The average Bonchev–Trinajstić information content (AvgIpc) is 2.44. The van der Waals surface area contributed by atoms with E-state index in [1.807, 2.05) is 0 Å². The van der Waals surface area contributed by atoms with Gasteiger partial charge >= 0.3 is 6.03 Å². The van der Waals surface area contributed by atoms with Crippen molar-refractivity contribution in [2.45, 2.75) is 51.5 Å². The van der Waals surface area contributed by atoms with Crippen LogP contribution in [0.2, 0.25) is 0 Å². The van der Waals surface area contributed by atoms with Crippen molar-refractivity contribution in [3.8, 4) is 0 Å². The molecule has 2 unspecified atom stereocenters. The van der Waals surface area contributed by atoms with Gasteiger partial charge in [-0.2, -0.15) is 0 Å². The third-order valence-electron chi connectivity index (χ3n) is 4.09. The summed E-state index contributed by atoms with van der Waals surface area (Å²) in [6.07, 6.45) is 8.02. The summed E-state index contributed by atoms with van der Waals surface area (Å²) in [5, 5.41) is 7.66. The van der Waals surface area contributed by atoms with Crippen LogP contribution in [0.4, 0.5) is 4.79 Å². The van der Waals surface area contributed by atoms with Crippen LogP contribution in [0.3, 0.4) is 0 Å². The second-order valence-electron chi connectivity index (χ2n) is 5.77. The van der Waals surface area contributed by atoms with E-state index in [2.05, 4.69) is 22.0 Å². The molecule has 0 aromatic heterocycles. The van der Waals surface area contributed by atoms with Gasteiger partial charge in [-0.05, 0) is 39.0 Å². The summed E-state index contributed by atoms with van der Waals surface area (Å²) < 4.78 is 0. The predicted molar refractivity (Wildman–Crippen MR) is 78.4 cm³/mol. The Morgan fingerprint density at radius 2 is 2.19 bits per heavy atom. The van der Waals surface area contributed by atoms with E-state index in [0.29, 0.717) is 6.54 Å². The highest BCUT2D eigenvalue weighted by Crippen LogP contribution is 2.19. The first-order chi connectivity index (χ1) is 10.1. The third-order valence-corrected chi connectivity index (χ3v) is 4.09. The molecule has 4 amide bonds. The maximum Gasteiger partial charge on any atom is 0.321 e. The summed E-state index contributed by atoms with van der Waals surface area (Å²) >= 11 is 0. The lowest BCUT2D eigenvalue weighted by molar-refractivity contribution is -0.131. The first-order valence-corrected chi connectivity index (χ1v) is 7.62. The molecule has 6 nitrogen and oxygen atoms in total. The molecule has 116 valence electrons. The van der Waals surface area contributed by atoms with E-state index >= 15 is 0 Å². The number of amides is 4. The number of urea groups is 1. The number of imide groups is 1. The topological polar surface area (TPSA) is 87.3 Å². The number of nitrogens with one attached hydrogen (secondary N) is 3. The molecule has 6 heteroatoms. The van der Waals surface area contributed by atoms with Gasteiger partial charge in [0.2, 0.25) is 11.8 Å². The monoisotopic (exact) mass is 293 g/mol. The SMILES string of the molecule is CC1NC(=O)NC(=O)C1CC(=O)NCCC1=CCCCC1. The highest BCUT2D eigenvalue weighted by molar-refractivity contribution is 6.00. The smallest absolute Gasteiger partial charge is 0.321 e. The summed E-state index contributed by atoms with van der Waals surface area (Å²) in [5.74, 6) is -1.03. The molecule has 21 heavy (non-hydrogen) atoms. The maximum atomic E-state index is 11.9. The molecular formula is C15H23N3O3. The Kier molecular flexibility index (Phi) is 5.36. The first kappa shape index (κ1) is 15.5. The van der Waals surface area contributed by atoms with Gasteiger partial charge in [-0.1, -0.05) is 11.6 Å². The molecule has 1 aliphatic heterocycles. The zero-order valence-corrected chi connectivity index (χ0v) is 12.4. The minimum atomic E-state index is -0.503. The van der Waals surface area contributed by atoms with Gasteiger partial charge in [0.15, 0.2) is 0 Å². The molecule has 2 aliphatic rings. The van der Waals surface area contributed by atoms with Gasteiger partial charge < -0.3 is 10.6 Å². The summed E-state index contributed by atoms with van der Waals surface area (Å²) in [4.78, 5) is 34.7. The van der Waals surface area contributed by atoms with E-state index in [4.69, 9.17) is 0 Å². The molecule has 0 bridgehead atoms. The summed E-state index contributed by atoms with van der Waals surface area (Å²) in [6, 6.07) is -0.813. The van der Waals surface area contributed by atoms with Crippen LogP contribution in [0, 0.1) is 5.92 Å². The van der Waals surface area contributed by atoms with Gasteiger partial charge in [-0.25, -0.2) is 4.79 Å². The highest BCUT2D eigenvalue weighted by atomic mass is 16.2. The molecule has 1 fully saturated rings. The second-order valence-corrected chi connectivity index (χ2v) is 5.77. The van der Waals surface area contributed by atoms with E-state index in [0.717, 1.165) is 19.3 Å². The molecule has 0 spiro atoms. The lowest BCUT2D eigenvalue weighted by Crippen LogP contribution is -2.57. The van der Waals surface area contributed by atoms with E-state index in [-0.39, 0.29) is 24.3 Å². The molecule has 3 N–H and O–H groups in total. The second kappa shape index (κ2) is 7.24. The van der Waals surface area contributed by atoms with Gasteiger partial charge in [0.25, 0.3) is 0 Å². The summed E-state index contributed by atoms with van der Waals surface area (Å²) in [6.45, 7) is 2.35. The van der Waals surface area contributed by atoms with Crippen LogP contribution in [0.25, 0.3) is 0 Å². The lowest BCUT2D eigenvalue weighted by Gasteiger charge is -2.28. The Bertz CT molecular complexity index is 459. The van der Waals surface area contributed by atoms with Crippen LogP contribution in [0.15, 0.2) is 11.6 Å². The van der Waals surface area contributed by atoms with Crippen molar-refractivity contribution in [3.05, 3.63) is 11.6 Å². The van der Waals surface area contributed by atoms with Crippen LogP contribution in [0.1, 0.15) is 45.4 Å². The van der Waals surface area contributed by atoms with Crippen LogP contribution >= 0.6 is 0 Å². The number of hydrogen-bond acceptors (Lipinski definition) is 3. The molecule has 2 rings (SSSR count). The van der Waals surface area contributed by atoms with E-state index in [9.17, 15) is 14.4 Å². The molecule has 1 saturated heterocycles. The quantitative estimate of drug-likeness (QED) is 0.666. The van der Waals surface area contributed by atoms with Crippen LogP contribution in [0.5, 0.6) is 0 Å². The average molecular weight is 293 g/mol. The van der Waals surface area contributed by atoms with Crippen molar-refractivity contribution in [2.24, 2.45) is 5.92 Å². The van der Waals surface area contributed by atoms with Crippen LogP contribution < -0.4 is 16.0 Å². The number of carbonyl (C=O) groups is 3. The van der Waals surface area contributed by atoms with Crippen molar-refractivity contribution < 1.29 is 14.4 Å². The van der Waals surface area contributed by atoms with Gasteiger partial charge in [0.1, 0.15) is 0 Å². The van der Waals surface area contributed by atoms with Crippen LogP contribution in [-0.2, 0) is 9.59 Å². The van der Waals surface area contributed by atoms with Gasteiger partial charge in [-0.3, -0.25) is 14.9 Å². The molecule has 0 aromatic carbocycles. The van der Waals surface area contributed by atoms with Crippen molar-refractivity contribution in [1.82, 2.24) is 16.0 Å². The Labute approximate surface area is 124 Å². The minimum Gasteiger partial charge on any atom is -0.356 e. The lowest BCUT2D eigenvalue weighted by atomic mass is 9.94. The molecule has 0 aromatic rings. The fourth-order valence-corrected chi connectivity index (χ4v) is 2.81. The fraction of sp³-hybridized carbons (Fsp3) is 0.667. The molecule has 2 atom stereocenters. The maximum absolute atomic E-state index is 11.9. The number of carbonyl (C=O) groups excluding carboxylic acids is 3. The summed E-state index contributed by atoms with van der Waals surface area (Å²) in [7, 11) is 0. The van der Waals surface area contributed by atoms with Crippen molar-refractivity contribution in [3.63, 3.8) is 0 Å². The molecule has 0 saturated carbocycles. The zero-order valence-electron chi connectivity index (χ0n) is 12.4. The van der Waals surface area contributed by atoms with Crippen molar-refractivity contribution in [1.29, 1.82) is 0 Å². The third kappa shape index (κ3) is 4.58. The molecule has 1 heterocycles. The fourth-order valence-electron chi connectivity index (χ4n) is 2.81. The normalized spacial score (nSPS) is 25.7. The first-order valence-electron chi connectivity index (χ1n) is 7.62. The number of rotatable bonds is 5. The standard InChI is InChI=1S/C15H23N3O3/c1-10-12(14(20)18-15(21)17-10)9-13(19)16-8-7-11-5-3-2-4-6-11/h5,10,12H,2-4,6-9H2,1H3,(H,16,19)(H2,17,18,20,21). The zero-order chi connectivity index (χ0) is 15.2. The predicted octanol–water partition coefficient (Wildman–Crippen LogP) is 1.23. The van der Waals surface area contributed by atoms with Crippen LogP contribution in [-0.4, -0.2) is 30.4 Å². The van der Waals surface area contributed by atoms with Crippen molar-refractivity contribution in [2.75, 3.05) is 6.54 Å². The Morgan fingerprint density at radius 1 is 1.38 bits per heavy atom. The highest BCUT2D eigenvalue weighted by Gasteiger charge is 2.33. The van der Waals surface area contributed by atoms with Crippen molar-refractivity contribution >= 4 is 17.8 Å². The molecule has 0 radical (unpaired) electrons. The van der Waals surface area contributed by atoms with E-state index in [1.54, 1.807) is 6.92 Å². The van der Waals surface area contributed by atoms with Gasteiger partial charge in [0, 0.05) is 19.0 Å². The summed E-state index contributed by atoms with van der Waals surface area (Å²) in [5.41, 5.74) is 1.41. The number of allylic oxidation sites excluding steroid dienone is 1. The minimum absolute atomic E-state index is 0.103. The molecular weight excluding hydrogens is 270 g/mol. The van der Waals surface area contributed by atoms with E-state index in [1.165, 1.54) is 18.4 Å². The molecule has 1 aliphatic carbocycles. The van der Waals surface area contributed by atoms with Gasteiger partial charge in [-0.15, -0.1) is 0 Å². The Hall–Kier alpha value is -1.85.